The zero-order valence-electron chi connectivity index (χ0n) is 6.36. The van der Waals surface area contributed by atoms with E-state index in [2.05, 4.69) is 33.9 Å². The standard InChI is InChI=1S/C4H4N2O4.2Rf/c1-9-3(7)5-6-4(8)10-2;;/h1-2H2;;/q-2;;/b6-5-;;. The average molecular weight is 678 g/mol. The summed E-state index contributed by atoms with van der Waals surface area (Å²) in [5.74, 6) is 0. The summed E-state index contributed by atoms with van der Waals surface area (Å²) < 4.78 is 7.54. The summed E-state index contributed by atoms with van der Waals surface area (Å²) in [7, 11) is 5.44. The van der Waals surface area contributed by atoms with Crippen LogP contribution in [0, 0.1) is 14.2 Å². The summed E-state index contributed by atoms with van der Waals surface area (Å²) in [6.07, 6.45) is -2.16. The Morgan fingerprint density at radius 2 is 1.17 bits per heavy atom. The second kappa shape index (κ2) is 7.54. The summed E-state index contributed by atoms with van der Waals surface area (Å²) in [5, 5.41) is 5.40. The van der Waals surface area contributed by atoms with Crippen LogP contribution in [0.15, 0.2) is 10.2 Å². The van der Waals surface area contributed by atoms with E-state index in [-0.39, 0.29) is 0 Å². The molecule has 0 fully saturated rings. The summed E-state index contributed by atoms with van der Waals surface area (Å²) in [4.78, 5) is 20.1. The number of hydrogen-bond acceptors (Lipinski definition) is 4. The van der Waals surface area contributed by atoms with Gasteiger partial charge in [-0.2, -0.15) is 14.2 Å². The van der Waals surface area contributed by atoms with Crippen molar-refractivity contribution in [3.8, 4) is 0 Å². The number of amides is 2. The summed E-state index contributed by atoms with van der Waals surface area (Å²) in [6.45, 7) is 0. The molecule has 8 heteroatoms. The van der Waals surface area contributed by atoms with Gasteiger partial charge in [0, 0.05) is 0 Å². The number of azo groups is 1. The topological polar surface area (TPSA) is 77.3 Å². The molecule has 0 aromatic heterocycles. The molecular weight excluding hydrogens is 674 g/mol. The van der Waals surface area contributed by atoms with Crippen molar-refractivity contribution in [1.82, 2.24) is 0 Å². The maximum Gasteiger partial charge on any atom is 0.420 e. The molecule has 12 heavy (non-hydrogen) atoms. The monoisotopic (exact) mass is 678 g/mol. The van der Waals surface area contributed by atoms with Gasteiger partial charge in [-0.05, 0) is 0 Å². The number of carbonyl (C=O) groups is 2. The SMILES string of the molecule is [CH2-]OC(=O)/N=N\C(=O)O[CH2-].[Rf].[Rf]. The second-order valence-corrected chi connectivity index (χ2v) is 1.02. The normalized spacial score (nSPS) is 7.83. The minimum atomic E-state index is -1.08. The fraction of sp³-hybridized carbons (Fsp3) is 0. The molecule has 0 spiro atoms. The third-order valence-corrected chi connectivity index (χ3v) is 0.460. The first-order valence-corrected chi connectivity index (χ1v) is 2.04. The van der Waals surface area contributed by atoms with E-state index >= 15 is 0 Å². The van der Waals surface area contributed by atoms with Crippen molar-refractivity contribution >= 4 is 12.2 Å². The van der Waals surface area contributed by atoms with Gasteiger partial charge in [0.15, 0.2) is 0 Å². The Bertz CT molecular complexity index is 154. The maximum atomic E-state index is 10.1. The molecule has 0 bridgehead atoms. The molecular formula is C4H4N2O4Rf2-2. The van der Waals surface area contributed by atoms with Crippen molar-refractivity contribution in [2.75, 3.05) is 0 Å². The van der Waals surface area contributed by atoms with Gasteiger partial charge in [-0.25, -0.2) is 9.59 Å². The Labute approximate surface area is 56.8 Å². The van der Waals surface area contributed by atoms with Crippen LogP contribution < -0.4 is 0 Å². The van der Waals surface area contributed by atoms with Gasteiger partial charge in [0.1, 0.15) is 0 Å². The van der Waals surface area contributed by atoms with Crippen LogP contribution in [0.4, 0.5) is 9.59 Å². The first kappa shape index (κ1) is 15.8. The first-order valence-electron chi connectivity index (χ1n) is 2.04. The molecule has 0 aliphatic rings. The number of rotatable bonds is 0. The largest absolute Gasteiger partial charge is 0.621 e. The van der Waals surface area contributed by atoms with Gasteiger partial charge in [0.05, 0.1) is 0 Å². The van der Waals surface area contributed by atoms with Crippen LogP contribution in [0.25, 0.3) is 0 Å². The Morgan fingerprint density at radius 3 is 1.33 bits per heavy atom. The van der Waals surface area contributed by atoms with Gasteiger partial charge < -0.3 is 9.47 Å². The minimum absolute atomic E-state index is 0. The molecule has 0 radical (unpaired) electrons. The molecule has 2 amide bonds. The Hall–Kier alpha value is -3.46. The van der Waals surface area contributed by atoms with Crippen LogP contribution in [-0.2, 0) is 9.47 Å². The maximum absolute atomic E-state index is 10.1. The number of nitrogens with zero attached hydrogens (tertiary/aromatic N) is 2. The zero-order valence-corrected chi connectivity index (χ0v) is 19.2. The van der Waals surface area contributed by atoms with Crippen molar-refractivity contribution in [3.63, 3.8) is 0 Å². The van der Waals surface area contributed by atoms with Crippen molar-refractivity contribution in [2.45, 2.75) is 0 Å². The predicted molar refractivity (Wildman–Crippen MR) is 28.5 cm³/mol. The van der Waals surface area contributed by atoms with Crippen molar-refractivity contribution in [2.24, 2.45) is 10.2 Å². The fourth-order valence-corrected chi connectivity index (χ4v) is 0.139. The smallest absolute Gasteiger partial charge is 0.420 e. The quantitative estimate of drug-likeness (QED) is 0.286. The van der Waals surface area contributed by atoms with Gasteiger partial charge in [-0.15, -0.1) is 0 Å². The summed E-state index contributed by atoms with van der Waals surface area (Å²) in [5.41, 5.74) is 0. The van der Waals surface area contributed by atoms with E-state index in [0.29, 0.717) is 0 Å². The molecule has 0 rings (SSSR count). The van der Waals surface area contributed by atoms with Crippen molar-refractivity contribution in [3.05, 3.63) is 14.2 Å². The van der Waals surface area contributed by atoms with Crippen molar-refractivity contribution in [1.29, 1.82) is 0 Å². The van der Waals surface area contributed by atoms with E-state index < -0.39 is 12.2 Å². The summed E-state index contributed by atoms with van der Waals surface area (Å²) in [6, 6.07) is 0. The third-order valence-electron chi connectivity index (χ3n) is 0.460. The molecule has 0 aliphatic carbocycles. The third kappa shape index (κ3) is 6.54. The molecule has 0 aromatic carbocycles. The van der Waals surface area contributed by atoms with E-state index in [1.54, 1.807) is 0 Å². The van der Waals surface area contributed by atoms with Gasteiger partial charge in [0.25, 0.3) is 0 Å². The van der Waals surface area contributed by atoms with Gasteiger partial charge in [-0.1, -0.05) is 10.2 Å². The molecule has 0 saturated heterocycles. The Kier molecular flexibility index (Phi) is 9.94. The molecule has 0 N–H and O–H groups in total. The fourth-order valence-electron chi connectivity index (χ4n) is 0.139. The molecule has 0 atom stereocenters. The Balaban J connectivity index is -0.000000405. The minimum Gasteiger partial charge on any atom is -0.621 e. The van der Waals surface area contributed by atoms with Crippen LogP contribution in [0.5, 0.6) is 0 Å². The zero-order chi connectivity index (χ0) is 7.98. The molecule has 6 nitrogen and oxygen atoms in total. The molecule has 60 valence electrons. The van der Waals surface area contributed by atoms with E-state index in [9.17, 15) is 9.59 Å². The van der Waals surface area contributed by atoms with Gasteiger partial charge >= 0.3 is 12.2 Å². The van der Waals surface area contributed by atoms with Crippen LogP contribution in [0.3, 0.4) is 0 Å². The van der Waals surface area contributed by atoms with Crippen LogP contribution >= 0.6 is 0 Å². The number of hydrogen-bond donors (Lipinski definition) is 0. The molecule has 0 unspecified atom stereocenters. The van der Waals surface area contributed by atoms with Crippen molar-refractivity contribution < 1.29 is 19.1 Å². The van der Waals surface area contributed by atoms with Crippen LogP contribution in [0.1, 0.15) is 0 Å². The Morgan fingerprint density at radius 1 is 0.917 bits per heavy atom. The van der Waals surface area contributed by atoms with Crippen LogP contribution in [-0.4, -0.2) is 12.2 Å². The number of ether oxygens (including phenoxy) is 2. The van der Waals surface area contributed by atoms with Crippen LogP contribution in [0.2, 0.25) is 0 Å². The van der Waals surface area contributed by atoms with E-state index in [0.717, 1.165) is 0 Å². The average Bonchev–Trinajstić information content (AvgIpc) is 1.99. The second-order valence-electron chi connectivity index (χ2n) is 1.02. The van der Waals surface area contributed by atoms with Gasteiger partial charge in [0.2, 0.25) is 0 Å². The molecule has 0 saturated carbocycles. The molecule has 0 aliphatic heterocycles. The number of carbonyl (C=O) groups excluding carboxylic acids is 2. The molecule has 0 heterocycles. The van der Waals surface area contributed by atoms with E-state index in [4.69, 9.17) is 0 Å². The summed E-state index contributed by atoms with van der Waals surface area (Å²) >= 11 is 0. The molecule has 0 aromatic rings. The predicted octanol–water partition coefficient (Wildman–Crippen LogP) is 1.29. The van der Waals surface area contributed by atoms with E-state index in [1.807, 2.05) is 0 Å². The van der Waals surface area contributed by atoms with E-state index in [1.165, 1.54) is 0 Å². The first-order chi connectivity index (χ1) is 4.70. The van der Waals surface area contributed by atoms with Gasteiger partial charge in [-0.3, -0.25) is 0 Å².